The molecule has 3 rings (SSSR count). The fourth-order valence-electron chi connectivity index (χ4n) is 2.99. The maximum absolute atomic E-state index is 12.7. The summed E-state index contributed by atoms with van der Waals surface area (Å²) in [5.74, 6) is -1.54. The lowest BCUT2D eigenvalue weighted by molar-refractivity contribution is -0.144. The Morgan fingerprint density at radius 3 is 2.87 bits per heavy atom. The molecular formula is C16H18N4O3. The monoisotopic (exact) mass is 314 g/mol. The summed E-state index contributed by atoms with van der Waals surface area (Å²) in [4.78, 5) is 29.6. The van der Waals surface area contributed by atoms with E-state index in [1.807, 2.05) is 6.07 Å². The van der Waals surface area contributed by atoms with Crippen LogP contribution in [-0.4, -0.2) is 49.2 Å². The molecule has 2 aromatic rings. The van der Waals surface area contributed by atoms with Gasteiger partial charge in [-0.2, -0.15) is 5.10 Å². The molecule has 0 unspecified atom stereocenters. The highest BCUT2D eigenvalue weighted by Gasteiger charge is 2.35. The molecule has 0 radical (unpaired) electrons. The molecule has 2 atom stereocenters. The molecule has 7 heteroatoms. The van der Waals surface area contributed by atoms with E-state index in [4.69, 9.17) is 0 Å². The molecule has 1 fully saturated rings. The Hall–Kier alpha value is -2.70. The zero-order chi connectivity index (χ0) is 16.4. The lowest BCUT2D eigenvalue weighted by Crippen LogP contribution is -2.49. The number of carbonyl (C=O) groups is 2. The first-order chi connectivity index (χ1) is 11.1. The molecule has 1 N–H and O–H groups in total. The van der Waals surface area contributed by atoms with Gasteiger partial charge in [-0.1, -0.05) is 0 Å². The number of carboxylic acids is 1. The third-order valence-corrected chi connectivity index (χ3v) is 4.31. The predicted octanol–water partition coefficient (Wildman–Crippen LogP) is 1.59. The summed E-state index contributed by atoms with van der Waals surface area (Å²) in [7, 11) is 0. The third-order valence-electron chi connectivity index (χ3n) is 4.31. The predicted molar refractivity (Wildman–Crippen MR) is 82.2 cm³/mol. The van der Waals surface area contributed by atoms with Gasteiger partial charge in [0.15, 0.2) is 0 Å². The van der Waals surface area contributed by atoms with Crippen LogP contribution in [0.25, 0.3) is 5.69 Å². The van der Waals surface area contributed by atoms with Crippen LogP contribution >= 0.6 is 0 Å². The summed E-state index contributed by atoms with van der Waals surface area (Å²) in [6.07, 6.45) is 7.79. The van der Waals surface area contributed by atoms with Gasteiger partial charge >= 0.3 is 5.97 Å². The normalized spacial score (nSPS) is 21.2. The fraction of sp³-hybridized carbons (Fsp3) is 0.375. The summed E-state index contributed by atoms with van der Waals surface area (Å²) < 4.78 is 1.59. The van der Waals surface area contributed by atoms with Crippen molar-refractivity contribution in [2.45, 2.75) is 25.8 Å². The Bertz CT molecular complexity index is 713. The summed E-state index contributed by atoms with van der Waals surface area (Å²) in [6, 6.07) is 3.32. The van der Waals surface area contributed by atoms with E-state index in [1.54, 1.807) is 41.2 Å². The van der Waals surface area contributed by atoms with Crippen LogP contribution in [0, 0.1) is 5.92 Å². The van der Waals surface area contributed by atoms with Crippen molar-refractivity contribution in [2.75, 3.05) is 6.54 Å². The third kappa shape index (κ3) is 2.94. The van der Waals surface area contributed by atoms with Gasteiger partial charge in [-0.05, 0) is 31.9 Å². The van der Waals surface area contributed by atoms with Crippen molar-refractivity contribution in [1.29, 1.82) is 0 Å². The van der Waals surface area contributed by atoms with Crippen LogP contribution in [0.3, 0.4) is 0 Å². The lowest BCUT2D eigenvalue weighted by Gasteiger charge is -2.37. The quantitative estimate of drug-likeness (QED) is 0.929. The second-order valence-electron chi connectivity index (χ2n) is 5.71. The number of likely N-dealkylation sites (tertiary alicyclic amines) is 1. The second-order valence-corrected chi connectivity index (χ2v) is 5.71. The first-order valence-corrected chi connectivity index (χ1v) is 7.57. The highest BCUT2D eigenvalue weighted by atomic mass is 16.4. The second kappa shape index (κ2) is 6.20. The smallest absolute Gasteiger partial charge is 0.308 e. The topological polar surface area (TPSA) is 88.3 Å². The molecule has 1 aliphatic rings. The average molecular weight is 314 g/mol. The largest absolute Gasteiger partial charge is 0.481 e. The minimum absolute atomic E-state index is 0.182. The number of hydrogen-bond donors (Lipinski definition) is 1. The Morgan fingerprint density at radius 1 is 1.35 bits per heavy atom. The lowest BCUT2D eigenvalue weighted by atomic mass is 9.90. The zero-order valence-electron chi connectivity index (χ0n) is 12.8. The molecule has 0 bridgehead atoms. The number of carbonyl (C=O) groups excluding carboxylic acids is 1. The summed E-state index contributed by atoms with van der Waals surface area (Å²) in [5.41, 5.74) is 1.22. The molecule has 3 heterocycles. The van der Waals surface area contributed by atoms with E-state index >= 15 is 0 Å². The first-order valence-electron chi connectivity index (χ1n) is 7.57. The summed E-state index contributed by atoms with van der Waals surface area (Å²) >= 11 is 0. The molecule has 0 aromatic carbocycles. The number of aromatic nitrogens is 3. The standard InChI is InChI=1S/C16H18N4O3/c1-11-14(16(22)23)5-3-7-19(11)15(21)12-8-18-20(10-12)13-4-2-6-17-9-13/h2,4,6,8-11,14H,3,5,7H2,1H3,(H,22,23)/t11-,14-/m1/s1. The van der Waals surface area contributed by atoms with Crippen molar-refractivity contribution in [3.05, 3.63) is 42.5 Å². The minimum atomic E-state index is -0.846. The van der Waals surface area contributed by atoms with Crippen LogP contribution in [-0.2, 0) is 4.79 Å². The van der Waals surface area contributed by atoms with Crippen molar-refractivity contribution in [3.63, 3.8) is 0 Å². The minimum Gasteiger partial charge on any atom is -0.481 e. The molecular weight excluding hydrogens is 296 g/mol. The van der Waals surface area contributed by atoms with Gasteiger partial charge in [-0.3, -0.25) is 14.6 Å². The molecule has 0 saturated carbocycles. The zero-order valence-corrected chi connectivity index (χ0v) is 12.8. The Morgan fingerprint density at radius 2 is 2.17 bits per heavy atom. The van der Waals surface area contributed by atoms with Gasteiger partial charge in [0.1, 0.15) is 0 Å². The molecule has 7 nitrogen and oxygen atoms in total. The molecule has 0 spiro atoms. The van der Waals surface area contributed by atoms with E-state index in [0.29, 0.717) is 24.9 Å². The number of piperidine rings is 1. The van der Waals surface area contributed by atoms with Crippen LogP contribution in [0.5, 0.6) is 0 Å². The van der Waals surface area contributed by atoms with E-state index < -0.39 is 11.9 Å². The van der Waals surface area contributed by atoms with E-state index in [0.717, 1.165) is 5.69 Å². The van der Waals surface area contributed by atoms with Crippen molar-refractivity contribution >= 4 is 11.9 Å². The van der Waals surface area contributed by atoms with Gasteiger partial charge in [-0.15, -0.1) is 0 Å². The Kier molecular flexibility index (Phi) is 4.10. The molecule has 0 aliphatic carbocycles. The number of pyridine rings is 1. The molecule has 23 heavy (non-hydrogen) atoms. The van der Waals surface area contributed by atoms with Gasteiger partial charge < -0.3 is 10.0 Å². The van der Waals surface area contributed by atoms with Crippen molar-refractivity contribution < 1.29 is 14.7 Å². The number of nitrogens with zero attached hydrogens (tertiary/aromatic N) is 4. The fourth-order valence-corrected chi connectivity index (χ4v) is 2.99. The van der Waals surface area contributed by atoms with Gasteiger partial charge in [0.25, 0.3) is 5.91 Å². The number of amides is 1. The van der Waals surface area contributed by atoms with Gasteiger partial charge in [-0.25, -0.2) is 4.68 Å². The van der Waals surface area contributed by atoms with Crippen LogP contribution in [0.15, 0.2) is 36.9 Å². The number of rotatable bonds is 3. The Labute approximate surface area is 133 Å². The van der Waals surface area contributed by atoms with Crippen LogP contribution in [0.1, 0.15) is 30.1 Å². The number of aliphatic carboxylic acids is 1. The van der Waals surface area contributed by atoms with Crippen LogP contribution in [0.4, 0.5) is 0 Å². The van der Waals surface area contributed by atoms with Gasteiger partial charge in [0.05, 0.1) is 29.6 Å². The van der Waals surface area contributed by atoms with E-state index in [-0.39, 0.29) is 11.9 Å². The summed E-state index contributed by atoms with van der Waals surface area (Å²) in [6.45, 7) is 2.36. The highest BCUT2D eigenvalue weighted by molar-refractivity contribution is 5.94. The van der Waals surface area contributed by atoms with E-state index in [1.165, 1.54) is 6.20 Å². The summed E-state index contributed by atoms with van der Waals surface area (Å²) in [5, 5.41) is 13.5. The number of carboxylic acid groups (broad SMARTS) is 1. The molecule has 2 aromatic heterocycles. The average Bonchev–Trinajstić information content (AvgIpc) is 3.05. The first kappa shape index (κ1) is 15.2. The molecule has 120 valence electrons. The van der Waals surface area contributed by atoms with E-state index in [9.17, 15) is 14.7 Å². The SMILES string of the molecule is C[C@@H]1[C@H](C(=O)O)CCCN1C(=O)c1cnn(-c2cccnc2)c1. The van der Waals surface area contributed by atoms with Gasteiger partial charge in [0, 0.05) is 25.0 Å². The molecule has 1 amide bonds. The molecule has 1 saturated heterocycles. The van der Waals surface area contributed by atoms with E-state index in [2.05, 4.69) is 10.1 Å². The number of hydrogen-bond acceptors (Lipinski definition) is 4. The van der Waals surface area contributed by atoms with Gasteiger partial charge in [0.2, 0.25) is 0 Å². The van der Waals surface area contributed by atoms with Crippen LogP contribution in [0.2, 0.25) is 0 Å². The maximum atomic E-state index is 12.7. The van der Waals surface area contributed by atoms with Crippen LogP contribution < -0.4 is 0 Å². The van der Waals surface area contributed by atoms with Crippen molar-refractivity contribution in [2.24, 2.45) is 5.92 Å². The Balaban J connectivity index is 1.81. The maximum Gasteiger partial charge on any atom is 0.308 e. The van der Waals surface area contributed by atoms with Crippen molar-refractivity contribution in [1.82, 2.24) is 19.7 Å². The molecule has 1 aliphatic heterocycles. The van der Waals surface area contributed by atoms with Crippen molar-refractivity contribution in [3.8, 4) is 5.69 Å². The highest BCUT2D eigenvalue weighted by Crippen LogP contribution is 2.25.